The Labute approximate surface area is 139 Å². The molecular formula is C17H21N3O4. The van der Waals surface area contributed by atoms with Crippen LogP contribution in [0, 0.1) is 0 Å². The summed E-state index contributed by atoms with van der Waals surface area (Å²) in [6.45, 7) is 0.427. The SMILES string of the molecule is CN(CCCC(=O)O)C(=O)CCCc1nc2ccccc2c(=O)[nH]1. The largest absolute Gasteiger partial charge is 0.481 e. The van der Waals surface area contributed by atoms with E-state index < -0.39 is 5.97 Å². The Morgan fingerprint density at radius 2 is 1.96 bits per heavy atom. The zero-order valence-electron chi connectivity index (χ0n) is 13.6. The highest BCUT2D eigenvalue weighted by atomic mass is 16.4. The first kappa shape index (κ1) is 17.7. The van der Waals surface area contributed by atoms with E-state index in [9.17, 15) is 14.4 Å². The van der Waals surface area contributed by atoms with Gasteiger partial charge in [0.25, 0.3) is 5.56 Å². The fourth-order valence-corrected chi connectivity index (χ4v) is 2.44. The summed E-state index contributed by atoms with van der Waals surface area (Å²) in [5, 5.41) is 9.14. The lowest BCUT2D eigenvalue weighted by molar-refractivity contribution is -0.138. The number of nitrogens with one attached hydrogen (secondary N) is 1. The van der Waals surface area contributed by atoms with Crippen molar-refractivity contribution in [2.75, 3.05) is 13.6 Å². The maximum absolute atomic E-state index is 12.0. The fourth-order valence-electron chi connectivity index (χ4n) is 2.44. The van der Waals surface area contributed by atoms with Crippen molar-refractivity contribution in [1.82, 2.24) is 14.9 Å². The lowest BCUT2D eigenvalue weighted by Crippen LogP contribution is -2.28. The number of aliphatic carboxylic acids is 1. The van der Waals surface area contributed by atoms with Crippen LogP contribution in [0.3, 0.4) is 0 Å². The summed E-state index contributed by atoms with van der Waals surface area (Å²) in [6, 6.07) is 7.13. The Morgan fingerprint density at radius 3 is 2.71 bits per heavy atom. The molecule has 0 aliphatic carbocycles. The highest BCUT2D eigenvalue weighted by Gasteiger charge is 2.10. The van der Waals surface area contributed by atoms with Gasteiger partial charge in [-0.2, -0.15) is 0 Å². The minimum Gasteiger partial charge on any atom is -0.481 e. The van der Waals surface area contributed by atoms with Crippen molar-refractivity contribution in [3.8, 4) is 0 Å². The number of hydrogen-bond donors (Lipinski definition) is 2. The first-order valence-electron chi connectivity index (χ1n) is 7.91. The van der Waals surface area contributed by atoms with Crippen LogP contribution in [0.1, 0.15) is 31.5 Å². The minimum atomic E-state index is -0.859. The number of carboxylic acid groups (broad SMARTS) is 1. The van der Waals surface area contributed by atoms with Gasteiger partial charge in [-0.05, 0) is 25.0 Å². The van der Waals surface area contributed by atoms with E-state index in [2.05, 4.69) is 9.97 Å². The second kappa shape index (κ2) is 8.24. The number of carbonyl (C=O) groups excluding carboxylic acids is 1. The number of fused-ring (bicyclic) bond motifs is 1. The van der Waals surface area contributed by atoms with Crippen molar-refractivity contribution in [2.45, 2.75) is 32.1 Å². The Morgan fingerprint density at radius 1 is 1.21 bits per heavy atom. The van der Waals surface area contributed by atoms with Gasteiger partial charge in [0.1, 0.15) is 5.82 Å². The van der Waals surface area contributed by atoms with Crippen molar-refractivity contribution in [2.24, 2.45) is 0 Å². The molecule has 0 fully saturated rings. The number of amides is 1. The highest BCUT2D eigenvalue weighted by molar-refractivity contribution is 5.77. The van der Waals surface area contributed by atoms with Gasteiger partial charge in [-0.15, -0.1) is 0 Å². The van der Waals surface area contributed by atoms with Crippen LogP contribution in [0.2, 0.25) is 0 Å². The van der Waals surface area contributed by atoms with Gasteiger partial charge in [-0.3, -0.25) is 14.4 Å². The van der Waals surface area contributed by atoms with Crippen LogP contribution < -0.4 is 5.56 Å². The van der Waals surface area contributed by atoms with Crippen LogP contribution in [-0.4, -0.2) is 45.4 Å². The average Bonchev–Trinajstić information content (AvgIpc) is 2.54. The molecule has 0 radical (unpaired) electrons. The third-order valence-corrected chi connectivity index (χ3v) is 3.78. The predicted molar refractivity (Wildman–Crippen MR) is 89.8 cm³/mol. The summed E-state index contributed by atoms with van der Waals surface area (Å²) in [5.41, 5.74) is 0.473. The third-order valence-electron chi connectivity index (χ3n) is 3.78. The van der Waals surface area contributed by atoms with Crippen molar-refractivity contribution in [3.05, 3.63) is 40.4 Å². The minimum absolute atomic E-state index is 0.0384. The fraction of sp³-hybridized carbons (Fsp3) is 0.412. The van der Waals surface area contributed by atoms with E-state index in [0.29, 0.717) is 49.0 Å². The van der Waals surface area contributed by atoms with Crippen molar-refractivity contribution < 1.29 is 14.7 Å². The van der Waals surface area contributed by atoms with Crippen molar-refractivity contribution in [1.29, 1.82) is 0 Å². The summed E-state index contributed by atoms with van der Waals surface area (Å²) < 4.78 is 0. The molecule has 2 rings (SSSR count). The first-order valence-corrected chi connectivity index (χ1v) is 7.91. The van der Waals surface area contributed by atoms with E-state index in [1.807, 2.05) is 6.07 Å². The summed E-state index contributed by atoms with van der Waals surface area (Å²) in [5.74, 6) is -0.328. The average molecular weight is 331 g/mol. The number of rotatable bonds is 8. The quantitative estimate of drug-likeness (QED) is 0.764. The third kappa shape index (κ3) is 4.91. The van der Waals surface area contributed by atoms with Crippen molar-refractivity contribution >= 4 is 22.8 Å². The zero-order valence-corrected chi connectivity index (χ0v) is 13.6. The molecule has 0 atom stereocenters. The lowest BCUT2D eigenvalue weighted by Gasteiger charge is -2.16. The summed E-state index contributed by atoms with van der Waals surface area (Å²) in [7, 11) is 1.67. The molecule has 128 valence electrons. The number of benzene rings is 1. The monoisotopic (exact) mass is 331 g/mol. The number of aryl methyl sites for hydroxylation is 1. The summed E-state index contributed by atoms with van der Waals surface area (Å²) in [6.07, 6.45) is 1.91. The molecule has 1 aromatic heterocycles. The van der Waals surface area contributed by atoms with Crippen LogP contribution in [0.5, 0.6) is 0 Å². The normalized spacial score (nSPS) is 10.7. The molecule has 0 aliphatic rings. The molecule has 0 saturated carbocycles. The molecule has 24 heavy (non-hydrogen) atoms. The molecule has 0 spiro atoms. The number of hydrogen-bond acceptors (Lipinski definition) is 4. The first-order chi connectivity index (χ1) is 11.5. The lowest BCUT2D eigenvalue weighted by atomic mass is 10.2. The van der Waals surface area contributed by atoms with Crippen LogP contribution in [0.25, 0.3) is 10.9 Å². The summed E-state index contributed by atoms with van der Waals surface area (Å²) in [4.78, 5) is 43.1. The van der Waals surface area contributed by atoms with E-state index in [0.717, 1.165) is 0 Å². The van der Waals surface area contributed by atoms with Crippen LogP contribution in [0.4, 0.5) is 0 Å². The number of nitrogens with zero attached hydrogens (tertiary/aromatic N) is 2. The number of carboxylic acids is 1. The smallest absolute Gasteiger partial charge is 0.303 e. The second-order valence-corrected chi connectivity index (χ2v) is 5.70. The Hall–Kier alpha value is -2.70. The van der Waals surface area contributed by atoms with Crippen molar-refractivity contribution in [3.63, 3.8) is 0 Å². The van der Waals surface area contributed by atoms with Gasteiger partial charge < -0.3 is 15.0 Å². The summed E-state index contributed by atoms with van der Waals surface area (Å²) >= 11 is 0. The molecule has 0 aliphatic heterocycles. The van der Waals surface area contributed by atoms with E-state index in [-0.39, 0.29) is 17.9 Å². The molecule has 1 heterocycles. The van der Waals surface area contributed by atoms with E-state index >= 15 is 0 Å². The molecule has 0 unspecified atom stereocenters. The van der Waals surface area contributed by atoms with Gasteiger partial charge in [-0.1, -0.05) is 12.1 Å². The number of carbonyl (C=O) groups is 2. The van der Waals surface area contributed by atoms with Gasteiger partial charge in [-0.25, -0.2) is 4.98 Å². The number of H-pyrrole nitrogens is 1. The predicted octanol–water partition coefficient (Wildman–Crippen LogP) is 1.57. The molecular weight excluding hydrogens is 310 g/mol. The Bertz CT molecular complexity index is 785. The van der Waals surface area contributed by atoms with E-state index in [1.54, 1.807) is 30.1 Å². The molecule has 7 nitrogen and oxygen atoms in total. The molecule has 0 bridgehead atoms. The molecule has 2 N–H and O–H groups in total. The number of aromatic amines is 1. The van der Waals surface area contributed by atoms with E-state index in [1.165, 1.54) is 0 Å². The zero-order chi connectivity index (χ0) is 17.5. The number of aromatic nitrogens is 2. The maximum atomic E-state index is 12.0. The highest BCUT2D eigenvalue weighted by Crippen LogP contribution is 2.08. The van der Waals surface area contributed by atoms with Crippen LogP contribution in [0.15, 0.2) is 29.1 Å². The molecule has 0 saturated heterocycles. The van der Waals surface area contributed by atoms with Crippen LogP contribution >= 0.6 is 0 Å². The molecule has 1 amide bonds. The topological polar surface area (TPSA) is 103 Å². The van der Waals surface area contributed by atoms with Gasteiger partial charge in [0.05, 0.1) is 10.9 Å². The van der Waals surface area contributed by atoms with Crippen LogP contribution in [-0.2, 0) is 16.0 Å². The Kier molecular flexibility index (Phi) is 6.06. The Balaban J connectivity index is 1.84. The molecule has 2 aromatic rings. The van der Waals surface area contributed by atoms with Gasteiger partial charge >= 0.3 is 5.97 Å². The maximum Gasteiger partial charge on any atom is 0.303 e. The number of para-hydroxylation sites is 1. The molecule has 1 aromatic carbocycles. The standard InChI is InChI=1S/C17H21N3O4/c1-20(11-5-10-16(22)23)15(21)9-4-8-14-18-13-7-3-2-6-12(13)17(24)19-14/h2-3,6-7H,4-5,8-11H2,1H3,(H,22,23)(H,18,19,24). The van der Waals surface area contributed by atoms with Gasteiger partial charge in [0, 0.05) is 32.9 Å². The second-order valence-electron chi connectivity index (χ2n) is 5.70. The van der Waals surface area contributed by atoms with Gasteiger partial charge in [0.2, 0.25) is 5.91 Å². The van der Waals surface area contributed by atoms with Gasteiger partial charge in [0.15, 0.2) is 0 Å². The molecule has 7 heteroatoms. The van der Waals surface area contributed by atoms with E-state index in [4.69, 9.17) is 5.11 Å².